The van der Waals surface area contributed by atoms with Crippen LogP contribution in [0.2, 0.25) is 10.0 Å². The molecule has 0 aliphatic rings. The van der Waals surface area contributed by atoms with Crippen molar-refractivity contribution in [2.45, 2.75) is 13.5 Å². The van der Waals surface area contributed by atoms with Gasteiger partial charge in [-0.3, -0.25) is 0 Å². The fraction of sp³-hybridized carbons (Fsp3) is 0.143. The summed E-state index contributed by atoms with van der Waals surface area (Å²) >= 11 is 15.4. The smallest absolute Gasteiger partial charge is 0.0595 e. The molecule has 2 aromatic rings. The number of nitrogens with one attached hydrogen (secondary N) is 1. The second-order valence-corrected chi connectivity index (χ2v) is 5.75. The van der Waals surface area contributed by atoms with Crippen LogP contribution in [0.1, 0.15) is 11.1 Å². The molecule has 0 amide bonds. The maximum absolute atomic E-state index is 5.98. The summed E-state index contributed by atoms with van der Waals surface area (Å²) in [7, 11) is 0. The number of anilines is 1. The van der Waals surface area contributed by atoms with Gasteiger partial charge in [-0.05, 0) is 58.2 Å². The molecule has 1 N–H and O–H groups in total. The Hall–Kier alpha value is -0.700. The molecule has 0 spiro atoms. The van der Waals surface area contributed by atoms with Crippen LogP contribution in [0.15, 0.2) is 40.9 Å². The minimum absolute atomic E-state index is 0.580. The van der Waals surface area contributed by atoms with Crippen molar-refractivity contribution in [2.24, 2.45) is 0 Å². The summed E-state index contributed by atoms with van der Waals surface area (Å²) in [6.07, 6.45) is 0. The van der Waals surface area contributed by atoms with Crippen LogP contribution in [0.4, 0.5) is 5.69 Å². The van der Waals surface area contributed by atoms with E-state index in [0.29, 0.717) is 16.6 Å². The van der Waals surface area contributed by atoms with E-state index in [1.165, 1.54) is 5.56 Å². The molecule has 94 valence electrons. The zero-order valence-electron chi connectivity index (χ0n) is 9.81. The molecule has 0 radical (unpaired) electrons. The van der Waals surface area contributed by atoms with Gasteiger partial charge in [-0.2, -0.15) is 0 Å². The first kappa shape index (κ1) is 13.7. The number of aryl methyl sites for hydroxylation is 1. The minimum Gasteiger partial charge on any atom is -0.380 e. The Morgan fingerprint density at radius 1 is 1.06 bits per heavy atom. The van der Waals surface area contributed by atoms with Crippen molar-refractivity contribution in [3.8, 4) is 0 Å². The van der Waals surface area contributed by atoms with Gasteiger partial charge in [0.2, 0.25) is 0 Å². The summed E-state index contributed by atoms with van der Waals surface area (Å²) in [5, 5.41) is 4.52. The summed E-state index contributed by atoms with van der Waals surface area (Å²) in [6.45, 7) is 2.77. The molecule has 0 aliphatic carbocycles. The third-order valence-corrected chi connectivity index (χ3v) is 3.99. The fourth-order valence-corrected chi connectivity index (χ4v) is 2.56. The molecule has 0 aromatic heterocycles. The largest absolute Gasteiger partial charge is 0.380 e. The van der Waals surface area contributed by atoms with Crippen LogP contribution in [-0.2, 0) is 6.54 Å². The molecular weight excluding hydrogens is 333 g/mol. The second-order valence-electron chi connectivity index (χ2n) is 4.09. The van der Waals surface area contributed by atoms with Gasteiger partial charge in [0.1, 0.15) is 0 Å². The molecular formula is C14H12BrCl2N. The third kappa shape index (κ3) is 3.41. The van der Waals surface area contributed by atoms with Crippen molar-refractivity contribution in [1.29, 1.82) is 0 Å². The molecule has 0 saturated carbocycles. The minimum atomic E-state index is 0.580. The van der Waals surface area contributed by atoms with Gasteiger partial charge in [-0.1, -0.05) is 35.3 Å². The molecule has 0 saturated heterocycles. The highest BCUT2D eigenvalue weighted by Gasteiger charge is 2.02. The molecule has 0 fully saturated rings. The Morgan fingerprint density at radius 2 is 1.83 bits per heavy atom. The van der Waals surface area contributed by atoms with Gasteiger partial charge in [0.15, 0.2) is 0 Å². The van der Waals surface area contributed by atoms with Gasteiger partial charge in [0.05, 0.1) is 10.0 Å². The van der Waals surface area contributed by atoms with E-state index >= 15 is 0 Å². The lowest BCUT2D eigenvalue weighted by molar-refractivity contribution is 1.14. The summed E-state index contributed by atoms with van der Waals surface area (Å²) < 4.78 is 1.06. The second kappa shape index (κ2) is 5.96. The number of hydrogen-bond donors (Lipinski definition) is 1. The Balaban J connectivity index is 2.09. The Bertz CT molecular complexity index is 570. The molecule has 2 rings (SSSR count). The molecule has 0 heterocycles. The first-order valence-electron chi connectivity index (χ1n) is 5.50. The summed E-state index contributed by atoms with van der Waals surface area (Å²) in [6, 6.07) is 11.9. The number of hydrogen-bond acceptors (Lipinski definition) is 1. The van der Waals surface area contributed by atoms with Gasteiger partial charge in [0.25, 0.3) is 0 Å². The van der Waals surface area contributed by atoms with E-state index in [1.54, 1.807) is 0 Å². The van der Waals surface area contributed by atoms with E-state index in [1.807, 2.05) is 18.2 Å². The lowest BCUT2D eigenvalue weighted by Crippen LogP contribution is -2.00. The van der Waals surface area contributed by atoms with Crippen molar-refractivity contribution in [3.63, 3.8) is 0 Å². The zero-order chi connectivity index (χ0) is 13.1. The van der Waals surface area contributed by atoms with Gasteiger partial charge in [0, 0.05) is 16.7 Å². The Labute approximate surface area is 125 Å². The normalized spacial score (nSPS) is 10.4. The summed E-state index contributed by atoms with van der Waals surface area (Å²) in [5.41, 5.74) is 3.38. The van der Waals surface area contributed by atoms with Gasteiger partial charge < -0.3 is 5.32 Å². The first-order valence-corrected chi connectivity index (χ1v) is 7.05. The van der Waals surface area contributed by atoms with E-state index in [-0.39, 0.29) is 0 Å². The molecule has 2 aromatic carbocycles. The predicted molar refractivity (Wildman–Crippen MR) is 82.7 cm³/mol. The topological polar surface area (TPSA) is 12.0 Å². The third-order valence-electron chi connectivity index (χ3n) is 2.59. The molecule has 0 aliphatic heterocycles. The standard InChI is InChI=1S/C14H12BrCl2N/c1-9-2-5-14(11(15)6-9)18-8-10-3-4-12(16)13(17)7-10/h2-7,18H,8H2,1H3. The van der Waals surface area contributed by atoms with Gasteiger partial charge >= 0.3 is 0 Å². The Kier molecular flexibility index (Phi) is 4.55. The van der Waals surface area contributed by atoms with E-state index in [4.69, 9.17) is 23.2 Å². The van der Waals surface area contributed by atoms with Crippen LogP contribution in [0, 0.1) is 6.92 Å². The van der Waals surface area contributed by atoms with Crippen molar-refractivity contribution in [3.05, 3.63) is 62.0 Å². The van der Waals surface area contributed by atoms with Crippen LogP contribution in [0.5, 0.6) is 0 Å². The predicted octanol–water partition coefficient (Wildman–Crippen LogP) is 5.68. The summed E-state index contributed by atoms with van der Waals surface area (Å²) in [4.78, 5) is 0. The van der Waals surface area contributed by atoms with E-state index < -0.39 is 0 Å². The van der Waals surface area contributed by atoms with Crippen LogP contribution in [-0.4, -0.2) is 0 Å². The summed E-state index contributed by atoms with van der Waals surface area (Å²) in [5.74, 6) is 0. The van der Waals surface area contributed by atoms with Gasteiger partial charge in [-0.15, -0.1) is 0 Å². The monoisotopic (exact) mass is 343 g/mol. The molecule has 1 nitrogen and oxygen atoms in total. The van der Waals surface area contributed by atoms with E-state index in [0.717, 1.165) is 15.7 Å². The molecule has 0 bridgehead atoms. The van der Waals surface area contributed by atoms with Crippen molar-refractivity contribution >= 4 is 44.8 Å². The van der Waals surface area contributed by atoms with Crippen LogP contribution < -0.4 is 5.32 Å². The van der Waals surface area contributed by atoms with Crippen molar-refractivity contribution in [2.75, 3.05) is 5.32 Å². The lowest BCUT2D eigenvalue weighted by Gasteiger charge is -2.10. The maximum atomic E-state index is 5.98. The van der Waals surface area contributed by atoms with E-state index in [9.17, 15) is 0 Å². The van der Waals surface area contributed by atoms with Gasteiger partial charge in [-0.25, -0.2) is 0 Å². The number of halogens is 3. The highest BCUT2D eigenvalue weighted by molar-refractivity contribution is 9.10. The fourth-order valence-electron chi connectivity index (χ4n) is 1.61. The zero-order valence-corrected chi connectivity index (χ0v) is 12.9. The first-order chi connectivity index (χ1) is 8.56. The highest BCUT2D eigenvalue weighted by Crippen LogP contribution is 2.26. The van der Waals surface area contributed by atoms with Crippen molar-refractivity contribution < 1.29 is 0 Å². The van der Waals surface area contributed by atoms with E-state index in [2.05, 4.69) is 46.4 Å². The molecule has 4 heteroatoms. The Morgan fingerprint density at radius 3 is 2.50 bits per heavy atom. The highest BCUT2D eigenvalue weighted by atomic mass is 79.9. The number of rotatable bonds is 3. The van der Waals surface area contributed by atoms with Crippen LogP contribution >= 0.6 is 39.1 Å². The van der Waals surface area contributed by atoms with Crippen molar-refractivity contribution in [1.82, 2.24) is 0 Å². The molecule has 0 unspecified atom stereocenters. The SMILES string of the molecule is Cc1ccc(NCc2ccc(Cl)c(Cl)c2)c(Br)c1. The molecule has 18 heavy (non-hydrogen) atoms. The lowest BCUT2D eigenvalue weighted by atomic mass is 10.2. The number of benzene rings is 2. The molecule has 0 atom stereocenters. The average Bonchev–Trinajstić information content (AvgIpc) is 2.32. The van der Waals surface area contributed by atoms with Crippen LogP contribution in [0.3, 0.4) is 0 Å². The maximum Gasteiger partial charge on any atom is 0.0595 e. The average molecular weight is 345 g/mol. The van der Waals surface area contributed by atoms with Crippen LogP contribution in [0.25, 0.3) is 0 Å². The quantitative estimate of drug-likeness (QED) is 0.755.